The van der Waals surface area contributed by atoms with Crippen LogP contribution in [-0.2, 0) is 16.6 Å². The molecule has 1 aromatic heterocycles. The molecule has 7 heteroatoms. The fraction of sp³-hybridized carbons (Fsp3) is 0.171. The van der Waals surface area contributed by atoms with E-state index in [9.17, 15) is 19.1 Å². The average molecular weight is 563 g/mol. The predicted octanol–water partition coefficient (Wildman–Crippen LogP) is 7.38. The summed E-state index contributed by atoms with van der Waals surface area (Å²) in [6.45, 7) is 6.49. The van der Waals surface area contributed by atoms with Crippen LogP contribution in [0.5, 0.6) is 17.2 Å². The van der Waals surface area contributed by atoms with Gasteiger partial charge in [-0.1, -0.05) is 69.3 Å². The zero-order chi connectivity index (χ0) is 29.9. The Kier molecular flexibility index (Phi) is 8.02. The first-order valence-corrected chi connectivity index (χ1v) is 13.6. The Morgan fingerprint density at radius 3 is 2.26 bits per heavy atom. The normalized spacial score (nSPS) is 12.1. The molecule has 0 aliphatic rings. The molecule has 5 rings (SSSR count). The number of nitrogens with one attached hydrogen (secondary N) is 1. The lowest BCUT2D eigenvalue weighted by molar-refractivity contribution is -0.109. The number of ether oxygens (including phenoxy) is 1. The van der Waals surface area contributed by atoms with Crippen LogP contribution in [0.15, 0.2) is 97.2 Å². The van der Waals surface area contributed by atoms with Gasteiger partial charge in [-0.25, -0.2) is 4.39 Å². The molecule has 0 unspecified atom stereocenters. The van der Waals surface area contributed by atoms with Crippen LogP contribution in [0.2, 0.25) is 0 Å². The van der Waals surface area contributed by atoms with Gasteiger partial charge in [-0.15, -0.1) is 0 Å². The summed E-state index contributed by atoms with van der Waals surface area (Å²) in [7, 11) is 0. The van der Waals surface area contributed by atoms with Gasteiger partial charge in [0.15, 0.2) is 11.6 Å². The maximum atomic E-state index is 13.4. The van der Waals surface area contributed by atoms with Crippen molar-refractivity contribution < 1.29 is 23.8 Å². The van der Waals surface area contributed by atoms with Crippen molar-refractivity contribution in [2.45, 2.75) is 38.6 Å². The Balaban J connectivity index is 1.23. The second-order valence-electron chi connectivity index (χ2n) is 11.2. The number of fused-ring (bicyclic) bond motifs is 1. The number of amides is 1. The molecule has 4 aromatic carbocycles. The number of hydrogen-bond acceptors (Lipinski definition) is 5. The molecule has 0 saturated carbocycles. The van der Waals surface area contributed by atoms with Crippen LogP contribution >= 0.6 is 0 Å². The molecule has 1 heterocycles. The van der Waals surface area contributed by atoms with Crippen molar-refractivity contribution in [1.82, 2.24) is 10.3 Å². The Bertz CT molecular complexity index is 1740. The minimum absolute atomic E-state index is 0.0625. The molecule has 42 heavy (non-hydrogen) atoms. The fourth-order valence-corrected chi connectivity index (χ4v) is 4.62. The molecule has 6 nitrogen and oxygen atoms in total. The number of phenolic OH excluding ortho intramolecular Hbond substituents is 1. The van der Waals surface area contributed by atoms with Gasteiger partial charge < -0.3 is 20.0 Å². The summed E-state index contributed by atoms with van der Waals surface area (Å²) in [5.74, 6) is -0.161. The molecule has 0 saturated heterocycles. The SMILES string of the molecule is CC(C)(C)c1ccc(Oc2ccc3cc(C(=O)N[C@H](C=O)Cc4ccc(-c5ccc(F)c(O)c5)cc4)ncc3c2)cc1. The number of carbonyl (C=O) groups is 2. The van der Waals surface area contributed by atoms with Crippen LogP contribution in [0.1, 0.15) is 42.4 Å². The van der Waals surface area contributed by atoms with Crippen LogP contribution in [0.4, 0.5) is 4.39 Å². The molecular formula is C35H31FN2O4. The van der Waals surface area contributed by atoms with E-state index < -0.39 is 23.5 Å². The molecule has 0 radical (unpaired) electrons. The van der Waals surface area contributed by atoms with E-state index in [-0.39, 0.29) is 17.5 Å². The molecule has 1 atom stereocenters. The lowest BCUT2D eigenvalue weighted by atomic mass is 9.87. The summed E-state index contributed by atoms with van der Waals surface area (Å²) in [5.41, 5.74) is 3.76. The first-order chi connectivity index (χ1) is 20.1. The zero-order valence-electron chi connectivity index (χ0n) is 23.6. The van der Waals surface area contributed by atoms with Gasteiger partial charge in [-0.3, -0.25) is 9.78 Å². The smallest absolute Gasteiger partial charge is 0.270 e. The molecular weight excluding hydrogens is 531 g/mol. The quantitative estimate of drug-likeness (QED) is 0.193. The number of aromatic hydroxyl groups is 1. The van der Waals surface area contributed by atoms with E-state index in [2.05, 4.69) is 43.2 Å². The van der Waals surface area contributed by atoms with Gasteiger partial charge in [0.1, 0.15) is 23.5 Å². The summed E-state index contributed by atoms with van der Waals surface area (Å²) in [4.78, 5) is 29.0. The highest BCUT2D eigenvalue weighted by atomic mass is 19.1. The summed E-state index contributed by atoms with van der Waals surface area (Å²) in [6.07, 6.45) is 2.60. The third-order valence-electron chi connectivity index (χ3n) is 7.05. The minimum atomic E-state index is -0.754. The second kappa shape index (κ2) is 11.8. The van der Waals surface area contributed by atoms with Gasteiger partial charge in [-0.2, -0.15) is 0 Å². The van der Waals surface area contributed by atoms with Crippen molar-refractivity contribution in [3.63, 3.8) is 0 Å². The average Bonchev–Trinajstić information content (AvgIpc) is 2.98. The maximum absolute atomic E-state index is 13.4. The van der Waals surface area contributed by atoms with E-state index in [1.54, 1.807) is 18.3 Å². The number of benzene rings is 4. The zero-order valence-corrected chi connectivity index (χ0v) is 23.6. The maximum Gasteiger partial charge on any atom is 0.270 e. The third kappa shape index (κ3) is 6.63. The highest BCUT2D eigenvalue weighted by Crippen LogP contribution is 2.29. The minimum Gasteiger partial charge on any atom is -0.505 e. The molecule has 0 fully saturated rings. The number of rotatable bonds is 8. The van der Waals surface area contributed by atoms with Gasteiger partial charge in [0.2, 0.25) is 0 Å². The lowest BCUT2D eigenvalue weighted by Gasteiger charge is -2.19. The number of halogens is 1. The van der Waals surface area contributed by atoms with Crippen molar-refractivity contribution in [3.05, 3.63) is 120 Å². The monoisotopic (exact) mass is 562 g/mol. The van der Waals surface area contributed by atoms with Gasteiger partial charge >= 0.3 is 0 Å². The van der Waals surface area contributed by atoms with E-state index in [4.69, 9.17) is 4.74 Å². The molecule has 1 amide bonds. The van der Waals surface area contributed by atoms with Crippen LogP contribution in [0, 0.1) is 5.82 Å². The number of pyridine rings is 1. The van der Waals surface area contributed by atoms with Crippen LogP contribution in [0.25, 0.3) is 21.9 Å². The number of hydrogen-bond donors (Lipinski definition) is 2. The standard InChI is InChI=1S/C35H31FN2O4/c1-35(2,3)27-10-13-29(14-11-27)42-30-12-8-24-18-32(37-20-26(24)17-30)34(41)38-28(21-39)16-22-4-6-23(7-5-22)25-9-15-31(36)33(40)19-25/h4-15,17-21,28,40H,16H2,1-3H3,(H,38,41)/t28-/m0/s1. The van der Waals surface area contributed by atoms with Crippen molar-refractivity contribution in [3.8, 4) is 28.4 Å². The molecule has 0 aliphatic heterocycles. The Hall–Kier alpha value is -5.04. The third-order valence-corrected chi connectivity index (χ3v) is 7.05. The van der Waals surface area contributed by atoms with Gasteiger partial charge in [-0.05, 0) is 81.9 Å². The molecule has 0 aliphatic carbocycles. The first-order valence-electron chi connectivity index (χ1n) is 13.6. The van der Waals surface area contributed by atoms with Crippen LogP contribution in [0.3, 0.4) is 0 Å². The molecule has 2 N–H and O–H groups in total. The van der Waals surface area contributed by atoms with Crippen molar-refractivity contribution in [2.75, 3.05) is 0 Å². The number of phenols is 1. The summed E-state index contributed by atoms with van der Waals surface area (Å²) < 4.78 is 19.4. The molecule has 5 aromatic rings. The van der Waals surface area contributed by atoms with Crippen molar-refractivity contribution >= 4 is 23.0 Å². The van der Waals surface area contributed by atoms with Crippen molar-refractivity contribution in [2.24, 2.45) is 0 Å². The fourth-order valence-electron chi connectivity index (χ4n) is 4.62. The Labute approximate surface area is 243 Å². The molecule has 212 valence electrons. The van der Waals surface area contributed by atoms with E-state index in [1.165, 1.54) is 17.7 Å². The lowest BCUT2D eigenvalue weighted by Crippen LogP contribution is -2.38. The van der Waals surface area contributed by atoms with Gasteiger partial charge in [0.05, 0.1) is 6.04 Å². The highest BCUT2D eigenvalue weighted by molar-refractivity contribution is 5.97. The summed E-state index contributed by atoms with van der Waals surface area (Å²) in [5, 5.41) is 14.0. The first kappa shape index (κ1) is 28.5. The Morgan fingerprint density at radius 2 is 1.60 bits per heavy atom. The van der Waals surface area contributed by atoms with E-state index >= 15 is 0 Å². The number of carbonyl (C=O) groups excluding carboxylic acids is 2. The van der Waals surface area contributed by atoms with E-state index in [0.29, 0.717) is 17.6 Å². The van der Waals surface area contributed by atoms with Gasteiger partial charge in [0, 0.05) is 11.6 Å². The summed E-state index contributed by atoms with van der Waals surface area (Å²) >= 11 is 0. The van der Waals surface area contributed by atoms with Gasteiger partial charge in [0.25, 0.3) is 5.91 Å². The van der Waals surface area contributed by atoms with Crippen LogP contribution in [-0.4, -0.2) is 28.3 Å². The van der Waals surface area contributed by atoms with E-state index in [0.717, 1.165) is 27.6 Å². The number of aldehydes is 1. The topological polar surface area (TPSA) is 88.5 Å². The number of nitrogens with zero attached hydrogens (tertiary/aromatic N) is 1. The highest BCUT2D eigenvalue weighted by Gasteiger charge is 2.16. The number of aromatic nitrogens is 1. The van der Waals surface area contributed by atoms with Crippen molar-refractivity contribution in [1.29, 1.82) is 0 Å². The second-order valence-corrected chi connectivity index (χ2v) is 11.2. The molecule has 0 spiro atoms. The molecule has 0 bridgehead atoms. The summed E-state index contributed by atoms with van der Waals surface area (Å²) in [6, 6.07) is 25.9. The largest absolute Gasteiger partial charge is 0.505 e. The van der Waals surface area contributed by atoms with Crippen LogP contribution < -0.4 is 10.1 Å². The van der Waals surface area contributed by atoms with E-state index in [1.807, 2.05) is 54.6 Å². The predicted molar refractivity (Wildman–Crippen MR) is 161 cm³/mol. The Morgan fingerprint density at radius 1 is 0.905 bits per heavy atom.